The van der Waals surface area contributed by atoms with Gasteiger partial charge < -0.3 is 14.8 Å². The summed E-state index contributed by atoms with van der Waals surface area (Å²) in [7, 11) is 0. The van der Waals surface area contributed by atoms with Crippen LogP contribution in [0, 0.1) is 5.92 Å². The van der Waals surface area contributed by atoms with Gasteiger partial charge in [-0.25, -0.2) is 4.79 Å². The molecule has 2 aliphatic carbocycles. The van der Waals surface area contributed by atoms with Gasteiger partial charge in [-0.1, -0.05) is 25.3 Å². The van der Waals surface area contributed by atoms with Gasteiger partial charge in [-0.3, -0.25) is 14.7 Å². The van der Waals surface area contributed by atoms with Crippen molar-refractivity contribution in [2.24, 2.45) is 5.92 Å². The molecule has 1 aromatic carbocycles. The van der Waals surface area contributed by atoms with Crippen molar-refractivity contribution >= 4 is 44.0 Å². The first-order chi connectivity index (χ1) is 14.5. The van der Waals surface area contributed by atoms with Crippen LogP contribution in [0.2, 0.25) is 0 Å². The highest BCUT2D eigenvalue weighted by atomic mass is 32.1. The molecule has 2 heterocycles. The summed E-state index contributed by atoms with van der Waals surface area (Å²) < 4.78 is 5.11. The average molecular weight is 482 g/mol. The van der Waals surface area contributed by atoms with Crippen LogP contribution >= 0.6 is 27.0 Å². The van der Waals surface area contributed by atoms with Crippen LogP contribution in [0.5, 0.6) is 0 Å². The molecule has 1 aliphatic heterocycles. The number of carbonyl (C=O) groups excluding carboxylic acids is 1. The van der Waals surface area contributed by atoms with E-state index in [0.717, 1.165) is 50.8 Å². The molecule has 0 bridgehead atoms. The Hall–Kier alpha value is -1.42. The zero-order chi connectivity index (χ0) is 20.7. The number of aromatic nitrogens is 1. The smallest absolute Gasteiger partial charge is 0.408 e. The van der Waals surface area contributed by atoms with E-state index in [2.05, 4.69) is 15.2 Å². The van der Waals surface area contributed by atoms with Gasteiger partial charge in [0.1, 0.15) is 0 Å². The number of aliphatic hydroxyl groups is 1. The van der Waals surface area contributed by atoms with Gasteiger partial charge in [0.2, 0.25) is 5.91 Å². The molecule has 2 aromatic rings. The maximum Gasteiger partial charge on any atom is 0.417 e. The van der Waals surface area contributed by atoms with Gasteiger partial charge >= 0.3 is 5.76 Å². The van der Waals surface area contributed by atoms with Crippen molar-refractivity contribution in [3.63, 3.8) is 0 Å². The quantitative estimate of drug-likeness (QED) is 0.589. The number of amides is 1. The van der Waals surface area contributed by atoms with E-state index < -0.39 is 11.2 Å². The Morgan fingerprint density at radius 3 is 2.62 bits per heavy atom. The fourth-order valence-electron chi connectivity index (χ4n) is 5.43. The number of benzene rings is 1. The molecule has 178 valence electrons. The van der Waals surface area contributed by atoms with Crippen LogP contribution in [0.3, 0.4) is 0 Å². The van der Waals surface area contributed by atoms with E-state index in [4.69, 9.17) is 4.42 Å². The number of nitrogens with one attached hydrogen (secondary N) is 2. The van der Waals surface area contributed by atoms with Crippen molar-refractivity contribution in [3.8, 4) is 0 Å². The Morgan fingerprint density at radius 2 is 1.97 bits per heavy atom. The highest BCUT2D eigenvalue weighted by Gasteiger charge is 2.52. The molecule has 2 saturated carbocycles. The Morgan fingerprint density at radius 1 is 1.22 bits per heavy atom. The van der Waals surface area contributed by atoms with E-state index in [-0.39, 0.29) is 45.0 Å². The molecule has 9 heteroatoms. The molecule has 3 fully saturated rings. The van der Waals surface area contributed by atoms with Crippen LogP contribution in [0.1, 0.15) is 56.9 Å². The lowest BCUT2D eigenvalue weighted by Crippen LogP contribution is -2.51. The predicted molar refractivity (Wildman–Crippen MR) is 134 cm³/mol. The third-order valence-corrected chi connectivity index (χ3v) is 7.39. The van der Waals surface area contributed by atoms with Crippen molar-refractivity contribution in [3.05, 3.63) is 34.3 Å². The minimum atomic E-state index is -0.500. The number of nitrogens with zero attached hydrogens (tertiary/aromatic N) is 1. The monoisotopic (exact) mass is 481 g/mol. The molecule has 0 spiro atoms. The lowest BCUT2D eigenvalue weighted by molar-refractivity contribution is -0.125. The summed E-state index contributed by atoms with van der Waals surface area (Å²) >= 11 is 0. The number of rotatable bonds is 6. The Bertz CT molecular complexity index is 981. The van der Waals surface area contributed by atoms with Gasteiger partial charge in [-0.05, 0) is 55.7 Å². The summed E-state index contributed by atoms with van der Waals surface area (Å²) in [6.45, 7) is 2.42. The summed E-state index contributed by atoms with van der Waals surface area (Å²) in [5, 5.41) is 13.3. The Labute approximate surface area is 202 Å². The van der Waals surface area contributed by atoms with E-state index in [1.165, 1.54) is 19.3 Å². The van der Waals surface area contributed by atoms with Gasteiger partial charge in [0.15, 0.2) is 5.58 Å². The lowest BCUT2D eigenvalue weighted by atomic mass is 9.83. The summed E-state index contributed by atoms with van der Waals surface area (Å²) in [6.07, 6.45) is 8.30. The van der Waals surface area contributed by atoms with Crippen LogP contribution in [-0.2, 0) is 10.2 Å². The van der Waals surface area contributed by atoms with E-state index in [9.17, 15) is 14.7 Å². The van der Waals surface area contributed by atoms with Crippen LogP contribution < -0.4 is 11.1 Å². The minimum absolute atomic E-state index is 0. The van der Waals surface area contributed by atoms with Crippen molar-refractivity contribution in [2.75, 3.05) is 19.6 Å². The second kappa shape index (κ2) is 10.2. The van der Waals surface area contributed by atoms with Gasteiger partial charge in [0.25, 0.3) is 0 Å². The molecule has 1 amide bonds. The first-order valence-electron chi connectivity index (χ1n) is 11.4. The number of carbonyl (C=O) groups is 1. The van der Waals surface area contributed by atoms with E-state index >= 15 is 0 Å². The van der Waals surface area contributed by atoms with Gasteiger partial charge in [0.05, 0.1) is 17.0 Å². The number of fused-ring (bicyclic) bond motifs is 1. The molecular formula is C23H35N3O4S2. The standard InChI is InChI=1S/C23H31N3O4.2H2S/c27-17-8-11-26(13-17)14-19(15-4-2-1-3-5-15)24-21(28)23(9-10-23)16-6-7-20-18(12-16)25-22(29)30-20;;/h6-7,12,15,17,19,27H,1-5,8-11,13-14H2,(H,24,28)(H,25,29);2*1H2/t17-,19+;;/m0../s1. The van der Waals surface area contributed by atoms with E-state index in [1.54, 1.807) is 6.07 Å². The molecular weight excluding hydrogens is 446 g/mol. The number of aromatic amines is 1. The van der Waals surface area contributed by atoms with E-state index in [0.29, 0.717) is 23.6 Å². The Balaban J connectivity index is 0.00000144. The second-order valence-corrected chi connectivity index (χ2v) is 9.49. The minimum Gasteiger partial charge on any atom is -0.408 e. The fourth-order valence-corrected chi connectivity index (χ4v) is 5.43. The molecule has 32 heavy (non-hydrogen) atoms. The number of oxazole rings is 1. The summed E-state index contributed by atoms with van der Waals surface area (Å²) in [5.74, 6) is 0.133. The zero-order valence-electron chi connectivity index (χ0n) is 18.4. The molecule has 1 saturated heterocycles. The summed E-state index contributed by atoms with van der Waals surface area (Å²) in [5.41, 5.74) is 1.61. The first-order valence-corrected chi connectivity index (χ1v) is 11.4. The van der Waals surface area contributed by atoms with Crippen molar-refractivity contribution in [1.29, 1.82) is 0 Å². The molecule has 5 rings (SSSR count). The number of H-pyrrole nitrogens is 1. The number of hydrogen-bond donors (Lipinski definition) is 3. The number of β-amino-alcohol motifs (C(OH)–C–C–N with tert-alkyl or cyclic N) is 1. The van der Waals surface area contributed by atoms with Gasteiger partial charge in [-0.15, -0.1) is 0 Å². The Kier molecular flexibility index (Phi) is 8.06. The van der Waals surface area contributed by atoms with Gasteiger partial charge in [0, 0.05) is 25.7 Å². The molecule has 7 nitrogen and oxygen atoms in total. The number of aliphatic hydroxyl groups excluding tert-OH is 1. The first kappa shape index (κ1) is 25.2. The van der Waals surface area contributed by atoms with Crippen LogP contribution in [0.4, 0.5) is 0 Å². The SMILES string of the molecule is O=C(N[C@H](CN1CC[C@H](O)C1)C1CCCCC1)C1(c2ccc3oc(=O)[nH]c3c2)CC1.S.S. The van der Waals surface area contributed by atoms with Crippen molar-refractivity contribution < 1.29 is 14.3 Å². The topological polar surface area (TPSA) is 98.6 Å². The highest BCUT2D eigenvalue weighted by Crippen LogP contribution is 2.49. The lowest BCUT2D eigenvalue weighted by Gasteiger charge is -2.34. The third kappa shape index (κ3) is 5.05. The second-order valence-electron chi connectivity index (χ2n) is 9.49. The molecule has 0 radical (unpaired) electrons. The number of hydrogen-bond acceptors (Lipinski definition) is 5. The van der Waals surface area contributed by atoms with Crippen molar-refractivity contribution in [2.45, 2.75) is 68.9 Å². The average Bonchev–Trinajstić information content (AvgIpc) is 3.33. The van der Waals surface area contributed by atoms with Crippen molar-refractivity contribution in [1.82, 2.24) is 15.2 Å². The summed E-state index contributed by atoms with van der Waals surface area (Å²) in [4.78, 5) is 30.0. The van der Waals surface area contributed by atoms with E-state index in [1.807, 2.05) is 12.1 Å². The summed E-state index contributed by atoms with van der Waals surface area (Å²) in [6, 6.07) is 5.70. The van der Waals surface area contributed by atoms with Crippen LogP contribution in [0.25, 0.3) is 11.1 Å². The largest absolute Gasteiger partial charge is 0.417 e. The predicted octanol–water partition coefficient (Wildman–Crippen LogP) is 2.51. The highest BCUT2D eigenvalue weighted by molar-refractivity contribution is 7.59. The normalized spacial score (nSPS) is 23.8. The molecule has 3 aliphatic rings. The molecule has 1 aromatic heterocycles. The molecule has 2 atom stereocenters. The maximum atomic E-state index is 13.5. The van der Waals surface area contributed by atoms with Crippen LogP contribution in [0.15, 0.2) is 27.4 Å². The van der Waals surface area contributed by atoms with Gasteiger partial charge in [-0.2, -0.15) is 27.0 Å². The molecule has 3 N–H and O–H groups in total. The van der Waals surface area contributed by atoms with Crippen LogP contribution in [-0.4, -0.2) is 52.7 Å². The third-order valence-electron chi connectivity index (χ3n) is 7.39. The number of likely N-dealkylation sites (tertiary alicyclic amines) is 1. The maximum absolute atomic E-state index is 13.5. The zero-order valence-corrected chi connectivity index (χ0v) is 20.4. The molecule has 0 unspecified atom stereocenters. The fraction of sp³-hybridized carbons (Fsp3) is 0.652.